The fraction of sp³-hybridized carbons (Fsp3) is 0.400. The summed E-state index contributed by atoms with van der Waals surface area (Å²) >= 11 is 1.58. The summed E-state index contributed by atoms with van der Waals surface area (Å²) in [6, 6.07) is 6.05. The molecule has 1 aromatic carbocycles. The van der Waals surface area contributed by atoms with Gasteiger partial charge >= 0.3 is 0 Å². The van der Waals surface area contributed by atoms with Gasteiger partial charge in [-0.1, -0.05) is 24.3 Å². The van der Waals surface area contributed by atoms with E-state index in [9.17, 15) is 0 Å². The van der Waals surface area contributed by atoms with E-state index in [0.29, 0.717) is 13.2 Å². The molecule has 0 unspecified atom stereocenters. The molecule has 2 aromatic heterocycles. The molecule has 0 N–H and O–H groups in total. The maximum Gasteiger partial charge on any atom is 0.234 e. The third-order valence-corrected chi connectivity index (χ3v) is 4.43. The highest BCUT2D eigenvalue weighted by molar-refractivity contribution is 7.16. The van der Waals surface area contributed by atoms with Crippen molar-refractivity contribution in [2.75, 3.05) is 13.2 Å². The van der Waals surface area contributed by atoms with Crippen LogP contribution in [0.3, 0.4) is 0 Å². The van der Waals surface area contributed by atoms with E-state index in [1.165, 1.54) is 0 Å². The zero-order valence-electron chi connectivity index (χ0n) is 12.3. The predicted molar refractivity (Wildman–Crippen MR) is 82.9 cm³/mol. The van der Waals surface area contributed by atoms with Crippen LogP contribution in [-0.2, 0) is 12.8 Å². The molecule has 0 fully saturated rings. The lowest BCUT2D eigenvalue weighted by Gasteiger charge is -2.18. The van der Waals surface area contributed by atoms with Crippen molar-refractivity contribution in [3.8, 4) is 11.5 Å². The monoisotopic (exact) mass is 316 g/mol. The van der Waals surface area contributed by atoms with Crippen LogP contribution >= 0.6 is 11.3 Å². The van der Waals surface area contributed by atoms with Crippen molar-refractivity contribution in [1.82, 2.24) is 19.8 Å². The fourth-order valence-corrected chi connectivity index (χ4v) is 3.41. The Balaban J connectivity index is 1.60. The molecule has 4 rings (SSSR count). The third-order valence-electron chi connectivity index (χ3n) is 3.53. The lowest BCUT2D eigenvalue weighted by molar-refractivity contribution is 0.171. The summed E-state index contributed by atoms with van der Waals surface area (Å²) in [6.45, 7) is 3.35. The molecule has 22 heavy (non-hydrogen) atoms. The van der Waals surface area contributed by atoms with Crippen molar-refractivity contribution >= 4 is 16.3 Å². The van der Waals surface area contributed by atoms with Crippen LogP contribution in [0.2, 0.25) is 0 Å². The summed E-state index contributed by atoms with van der Waals surface area (Å²) in [7, 11) is 0. The van der Waals surface area contributed by atoms with E-state index >= 15 is 0 Å². The lowest BCUT2D eigenvalue weighted by atomic mass is 10.1. The molecule has 6 nitrogen and oxygen atoms in total. The molecule has 3 heterocycles. The van der Waals surface area contributed by atoms with Gasteiger partial charge in [-0.3, -0.25) is 0 Å². The molecule has 3 aromatic rings. The van der Waals surface area contributed by atoms with Crippen molar-refractivity contribution in [2.24, 2.45) is 0 Å². The van der Waals surface area contributed by atoms with E-state index < -0.39 is 0 Å². The van der Waals surface area contributed by atoms with Gasteiger partial charge in [-0.05, 0) is 24.1 Å². The van der Waals surface area contributed by atoms with E-state index in [4.69, 9.17) is 9.47 Å². The summed E-state index contributed by atoms with van der Waals surface area (Å²) in [5.74, 6) is 2.57. The normalized spacial score (nSPS) is 13.7. The van der Waals surface area contributed by atoms with E-state index in [1.807, 2.05) is 16.6 Å². The Kier molecular flexibility index (Phi) is 3.42. The molecule has 0 bridgehead atoms. The Labute approximate surface area is 131 Å². The second-order valence-electron chi connectivity index (χ2n) is 5.21. The molecule has 0 radical (unpaired) electrons. The molecule has 1 aliphatic rings. The molecule has 0 amide bonds. The minimum Gasteiger partial charge on any atom is -0.486 e. The minimum absolute atomic E-state index is 0.605. The van der Waals surface area contributed by atoms with Gasteiger partial charge in [0.2, 0.25) is 4.96 Å². The van der Waals surface area contributed by atoms with Crippen LogP contribution in [0, 0.1) is 0 Å². The summed E-state index contributed by atoms with van der Waals surface area (Å²) in [5, 5.41) is 14.0. The first-order valence-corrected chi connectivity index (χ1v) is 8.23. The van der Waals surface area contributed by atoms with Crippen LogP contribution in [0.5, 0.6) is 11.5 Å². The first kappa shape index (κ1) is 13.5. The maximum atomic E-state index is 5.63. The largest absolute Gasteiger partial charge is 0.486 e. The first-order valence-electron chi connectivity index (χ1n) is 7.42. The summed E-state index contributed by atoms with van der Waals surface area (Å²) < 4.78 is 13.0. The standard InChI is InChI=1S/C15H16N4O2S/c1-2-3-13-16-17-15-19(13)18-14(22-15)9-10-4-5-11-12(8-10)21-7-6-20-11/h4-5,8H,2-3,6-7,9H2,1H3. The van der Waals surface area contributed by atoms with Crippen LogP contribution < -0.4 is 9.47 Å². The number of hydrogen-bond acceptors (Lipinski definition) is 6. The van der Waals surface area contributed by atoms with Crippen molar-refractivity contribution in [3.05, 3.63) is 34.6 Å². The quantitative estimate of drug-likeness (QED) is 0.740. The third kappa shape index (κ3) is 2.41. The Morgan fingerprint density at radius 1 is 1.18 bits per heavy atom. The molecule has 0 atom stereocenters. The van der Waals surface area contributed by atoms with Crippen molar-refractivity contribution in [1.29, 1.82) is 0 Å². The molecule has 114 valence electrons. The number of benzene rings is 1. The van der Waals surface area contributed by atoms with E-state index in [2.05, 4.69) is 28.3 Å². The lowest BCUT2D eigenvalue weighted by Crippen LogP contribution is -2.15. The number of aromatic nitrogens is 4. The maximum absolute atomic E-state index is 5.63. The van der Waals surface area contributed by atoms with Crippen molar-refractivity contribution in [2.45, 2.75) is 26.2 Å². The predicted octanol–water partition coefficient (Wildman–Crippen LogP) is 2.50. The highest BCUT2D eigenvalue weighted by Gasteiger charge is 2.14. The smallest absolute Gasteiger partial charge is 0.234 e. The van der Waals surface area contributed by atoms with Crippen molar-refractivity contribution in [3.63, 3.8) is 0 Å². The van der Waals surface area contributed by atoms with Gasteiger partial charge in [0.15, 0.2) is 17.3 Å². The number of aryl methyl sites for hydroxylation is 1. The second-order valence-corrected chi connectivity index (χ2v) is 6.25. The Morgan fingerprint density at radius 3 is 2.91 bits per heavy atom. The molecule has 1 aliphatic heterocycles. The molecule has 7 heteroatoms. The number of ether oxygens (including phenoxy) is 2. The van der Waals surface area contributed by atoms with Gasteiger partial charge in [-0.2, -0.15) is 9.61 Å². The van der Waals surface area contributed by atoms with Crippen LogP contribution in [0.1, 0.15) is 29.7 Å². The van der Waals surface area contributed by atoms with E-state index in [-0.39, 0.29) is 0 Å². The first-order chi connectivity index (χ1) is 10.8. The average molecular weight is 316 g/mol. The Hall–Kier alpha value is -2.15. The average Bonchev–Trinajstić information content (AvgIpc) is 3.09. The number of hydrogen-bond donors (Lipinski definition) is 0. The van der Waals surface area contributed by atoms with Gasteiger partial charge < -0.3 is 9.47 Å². The van der Waals surface area contributed by atoms with Gasteiger partial charge in [-0.15, -0.1) is 10.2 Å². The Bertz CT molecular complexity index is 811. The number of fused-ring (bicyclic) bond motifs is 2. The number of nitrogens with zero attached hydrogens (tertiary/aromatic N) is 4. The van der Waals surface area contributed by atoms with Crippen molar-refractivity contribution < 1.29 is 9.47 Å². The van der Waals surface area contributed by atoms with Gasteiger partial charge in [0.1, 0.15) is 18.2 Å². The zero-order valence-corrected chi connectivity index (χ0v) is 13.1. The molecular weight excluding hydrogens is 300 g/mol. The van der Waals surface area contributed by atoms with Gasteiger partial charge in [0.25, 0.3) is 0 Å². The molecule has 0 saturated carbocycles. The highest BCUT2D eigenvalue weighted by atomic mass is 32.1. The second kappa shape index (κ2) is 5.57. The van der Waals surface area contributed by atoms with Crippen LogP contribution in [0.15, 0.2) is 18.2 Å². The van der Waals surface area contributed by atoms with Crippen LogP contribution in [0.4, 0.5) is 0 Å². The highest BCUT2D eigenvalue weighted by Crippen LogP contribution is 2.31. The summed E-state index contributed by atoms with van der Waals surface area (Å²) in [6.07, 6.45) is 2.69. The van der Waals surface area contributed by atoms with E-state index in [1.54, 1.807) is 11.3 Å². The molecular formula is C15H16N4O2S. The molecule has 0 aliphatic carbocycles. The van der Waals surface area contributed by atoms with Gasteiger partial charge in [0.05, 0.1) is 0 Å². The van der Waals surface area contributed by atoms with E-state index in [0.717, 1.165) is 52.1 Å². The SMILES string of the molecule is CCCc1nnc2sc(Cc3ccc4c(c3)OCCO4)nn12. The van der Waals surface area contributed by atoms with Crippen LogP contribution in [0.25, 0.3) is 4.96 Å². The zero-order chi connectivity index (χ0) is 14.9. The topological polar surface area (TPSA) is 61.5 Å². The summed E-state index contributed by atoms with van der Waals surface area (Å²) in [4.78, 5) is 0.857. The van der Waals surface area contributed by atoms with Gasteiger partial charge in [0, 0.05) is 12.8 Å². The fourth-order valence-electron chi connectivity index (χ4n) is 2.52. The molecule has 0 saturated heterocycles. The number of rotatable bonds is 4. The molecule has 0 spiro atoms. The van der Waals surface area contributed by atoms with Crippen LogP contribution in [-0.4, -0.2) is 33.0 Å². The summed E-state index contributed by atoms with van der Waals surface area (Å²) in [5.41, 5.74) is 1.16. The van der Waals surface area contributed by atoms with Gasteiger partial charge in [-0.25, -0.2) is 0 Å². The Morgan fingerprint density at radius 2 is 2.05 bits per heavy atom. The minimum atomic E-state index is 0.605.